The van der Waals surface area contributed by atoms with E-state index in [1.165, 1.54) is 6.07 Å². The second kappa shape index (κ2) is 6.51. The summed E-state index contributed by atoms with van der Waals surface area (Å²) in [6, 6.07) is 2.75. The van der Waals surface area contributed by atoms with Crippen molar-refractivity contribution in [3.63, 3.8) is 0 Å². The van der Waals surface area contributed by atoms with Gasteiger partial charge in [0.1, 0.15) is 5.82 Å². The summed E-state index contributed by atoms with van der Waals surface area (Å²) in [4.78, 5) is 11.1. The molecule has 0 radical (unpaired) electrons. The van der Waals surface area contributed by atoms with Crippen molar-refractivity contribution in [1.29, 1.82) is 0 Å². The second-order valence-electron chi connectivity index (χ2n) is 3.87. The Labute approximate surface area is 108 Å². The van der Waals surface area contributed by atoms with E-state index in [4.69, 9.17) is 0 Å². The van der Waals surface area contributed by atoms with Gasteiger partial charge in [0.15, 0.2) is 0 Å². The van der Waals surface area contributed by atoms with Crippen molar-refractivity contribution in [2.75, 3.05) is 13.1 Å². The molecule has 1 rings (SSSR count). The number of rotatable bonds is 5. The standard InChI is InChI=1S/C12H14F4N2O/c1-2-18-11(19)7-17-6-8-3-4-10(13)9(5-8)12(14,15)16/h3-5,17H,2,6-7H2,1H3,(H,18,19). The third kappa shape index (κ3) is 4.86. The number of alkyl halides is 3. The monoisotopic (exact) mass is 278 g/mol. The Kier molecular flexibility index (Phi) is 5.29. The molecule has 0 atom stereocenters. The average Bonchev–Trinajstić information content (AvgIpc) is 2.30. The van der Waals surface area contributed by atoms with Gasteiger partial charge >= 0.3 is 6.18 Å². The van der Waals surface area contributed by atoms with E-state index in [0.29, 0.717) is 6.54 Å². The molecule has 19 heavy (non-hydrogen) atoms. The normalized spacial score (nSPS) is 11.4. The molecule has 2 N–H and O–H groups in total. The van der Waals surface area contributed by atoms with Crippen molar-refractivity contribution in [2.24, 2.45) is 0 Å². The highest BCUT2D eigenvalue weighted by Crippen LogP contribution is 2.31. The summed E-state index contributed by atoms with van der Waals surface area (Å²) in [6.45, 7) is 2.29. The van der Waals surface area contributed by atoms with Crippen molar-refractivity contribution in [1.82, 2.24) is 10.6 Å². The molecule has 7 heteroatoms. The Morgan fingerprint density at radius 3 is 2.58 bits per heavy atom. The maximum absolute atomic E-state index is 13.0. The first-order chi connectivity index (χ1) is 8.84. The summed E-state index contributed by atoms with van der Waals surface area (Å²) in [5.74, 6) is -1.55. The van der Waals surface area contributed by atoms with Crippen molar-refractivity contribution in [3.05, 3.63) is 35.1 Å². The topological polar surface area (TPSA) is 41.1 Å². The lowest BCUT2D eigenvalue weighted by molar-refractivity contribution is -0.140. The highest BCUT2D eigenvalue weighted by molar-refractivity contribution is 5.77. The van der Waals surface area contributed by atoms with Gasteiger partial charge in [-0.15, -0.1) is 0 Å². The molecule has 0 spiro atoms. The average molecular weight is 278 g/mol. The molecule has 106 valence electrons. The van der Waals surface area contributed by atoms with E-state index in [1.807, 2.05) is 0 Å². The summed E-state index contributed by atoms with van der Waals surface area (Å²) in [5, 5.41) is 5.22. The zero-order chi connectivity index (χ0) is 14.5. The molecule has 1 amide bonds. The molecular weight excluding hydrogens is 264 g/mol. The molecule has 3 nitrogen and oxygen atoms in total. The van der Waals surface area contributed by atoms with Gasteiger partial charge in [0.2, 0.25) is 5.91 Å². The van der Waals surface area contributed by atoms with E-state index >= 15 is 0 Å². The van der Waals surface area contributed by atoms with E-state index in [9.17, 15) is 22.4 Å². The molecule has 0 fully saturated rings. The van der Waals surface area contributed by atoms with Crippen molar-refractivity contribution in [3.8, 4) is 0 Å². The number of benzene rings is 1. The van der Waals surface area contributed by atoms with E-state index < -0.39 is 17.6 Å². The van der Waals surface area contributed by atoms with E-state index in [2.05, 4.69) is 10.6 Å². The molecule has 1 aromatic carbocycles. The minimum absolute atomic E-state index is 0.00737. The van der Waals surface area contributed by atoms with Gasteiger partial charge in [-0.25, -0.2) is 4.39 Å². The maximum atomic E-state index is 13.0. The number of amides is 1. The van der Waals surface area contributed by atoms with Gasteiger partial charge < -0.3 is 10.6 Å². The molecule has 0 aliphatic heterocycles. The summed E-state index contributed by atoms with van der Waals surface area (Å²) in [7, 11) is 0. The molecule has 0 aromatic heterocycles. The Morgan fingerprint density at radius 1 is 1.32 bits per heavy atom. The van der Waals surface area contributed by atoms with Crippen LogP contribution in [0.3, 0.4) is 0 Å². The Hall–Kier alpha value is -1.63. The largest absolute Gasteiger partial charge is 0.419 e. The quantitative estimate of drug-likeness (QED) is 0.810. The van der Waals surface area contributed by atoms with Crippen LogP contribution in [0, 0.1) is 5.82 Å². The maximum Gasteiger partial charge on any atom is 0.419 e. The summed E-state index contributed by atoms with van der Waals surface area (Å²) in [6.07, 6.45) is -4.72. The van der Waals surface area contributed by atoms with Crippen LogP contribution in [0.1, 0.15) is 18.1 Å². The van der Waals surface area contributed by atoms with Crippen molar-refractivity contribution >= 4 is 5.91 Å². The SMILES string of the molecule is CCNC(=O)CNCc1ccc(F)c(C(F)(F)F)c1. The van der Waals surface area contributed by atoms with E-state index in [0.717, 1.165) is 12.1 Å². The molecule has 0 heterocycles. The molecule has 1 aromatic rings. The first-order valence-corrected chi connectivity index (χ1v) is 5.67. The molecule has 0 unspecified atom stereocenters. The zero-order valence-corrected chi connectivity index (χ0v) is 10.3. The highest BCUT2D eigenvalue weighted by atomic mass is 19.4. The van der Waals surface area contributed by atoms with Crippen LogP contribution in [0.2, 0.25) is 0 Å². The molecule has 0 aliphatic carbocycles. The number of carbonyl (C=O) groups excluding carboxylic acids is 1. The van der Waals surface area contributed by atoms with Gasteiger partial charge in [-0.1, -0.05) is 6.07 Å². The summed E-state index contributed by atoms with van der Waals surface area (Å²) < 4.78 is 50.4. The summed E-state index contributed by atoms with van der Waals surface area (Å²) in [5.41, 5.74) is -1.04. The van der Waals surface area contributed by atoms with Crippen molar-refractivity contribution < 1.29 is 22.4 Å². The number of nitrogens with one attached hydrogen (secondary N) is 2. The van der Waals surface area contributed by atoms with Gasteiger partial charge in [-0.05, 0) is 24.6 Å². The van der Waals surface area contributed by atoms with Crippen LogP contribution in [-0.2, 0) is 17.5 Å². The fourth-order valence-electron chi connectivity index (χ4n) is 1.48. The van der Waals surface area contributed by atoms with Crippen molar-refractivity contribution in [2.45, 2.75) is 19.6 Å². The fourth-order valence-corrected chi connectivity index (χ4v) is 1.48. The van der Waals surface area contributed by atoms with E-state index in [1.54, 1.807) is 6.92 Å². The first-order valence-electron chi connectivity index (χ1n) is 5.67. The fraction of sp³-hybridized carbons (Fsp3) is 0.417. The van der Waals surface area contributed by atoms with Gasteiger partial charge in [-0.3, -0.25) is 4.79 Å². The number of hydrogen-bond acceptors (Lipinski definition) is 2. The van der Waals surface area contributed by atoms with Crippen LogP contribution >= 0.6 is 0 Å². The van der Waals surface area contributed by atoms with Crippen LogP contribution < -0.4 is 10.6 Å². The molecular formula is C12H14F4N2O. The summed E-state index contributed by atoms with van der Waals surface area (Å²) >= 11 is 0. The highest BCUT2D eigenvalue weighted by Gasteiger charge is 2.34. The first kappa shape index (κ1) is 15.4. The number of hydrogen-bond donors (Lipinski definition) is 2. The van der Waals surface area contributed by atoms with Crippen LogP contribution in [0.25, 0.3) is 0 Å². The third-order valence-corrected chi connectivity index (χ3v) is 2.32. The predicted molar refractivity (Wildman–Crippen MR) is 61.8 cm³/mol. The lowest BCUT2D eigenvalue weighted by atomic mass is 10.1. The number of likely N-dealkylation sites (N-methyl/N-ethyl adjacent to an activating group) is 1. The van der Waals surface area contributed by atoms with Gasteiger partial charge in [0.05, 0.1) is 12.1 Å². The zero-order valence-electron chi connectivity index (χ0n) is 10.3. The Morgan fingerprint density at radius 2 is 2.00 bits per heavy atom. The van der Waals surface area contributed by atoms with Gasteiger partial charge in [0, 0.05) is 13.1 Å². The minimum Gasteiger partial charge on any atom is -0.355 e. The van der Waals surface area contributed by atoms with Gasteiger partial charge in [0.25, 0.3) is 0 Å². The van der Waals surface area contributed by atoms with Crippen LogP contribution in [0.15, 0.2) is 18.2 Å². The smallest absolute Gasteiger partial charge is 0.355 e. The van der Waals surface area contributed by atoms with Crippen LogP contribution in [0.4, 0.5) is 17.6 Å². The van der Waals surface area contributed by atoms with Crippen LogP contribution in [0.5, 0.6) is 0 Å². The van der Waals surface area contributed by atoms with Gasteiger partial charge in [-0.2, -0.15) is 13.2 Å². The molecule has 0 bridgehead atoms. The lowest BCUT2D eigenvalue weighted by Gasteiger charge is -2.10. The Bertz CT molecular complexity index is 446. The Balaban J connectivity index is 2.63. The molecule has 0 saturated carbocycles. The van der Waals surface area contributed by atoms with E-state index in [-0.39, 0.29) is 24.6 Å². The molecule has 0 saturated heterocycles. The predicted octanol–water partition coefficient (Wildman–Crippen LogP) is 2.07. The minimum atomic E-state index is -4.72. The number of carbonyl (C=O) groups is 1. The second-order valence-corrected chi connectivity index (χ2v) is 3.87. The number of halogens is 4. The third-order valence-electron chi connectivity index (χ3n) is 2.32. The molecule has 0 aliphatic rings. The van der Waals surface area contributed by atoms with Crippen LogP contribution in [-0.4, -0.2) is 19.0 Å². The lowest BCUT2D eigenvalue weighted by Crippen LogP contribution is -2.33.